The van der Waals surface area contributed by atoms with Gasteiger partial charge in [0.15, 0.2) is 6.61 Å². The van der Waals surface area contributed by atoms with E-state index in [-0.39, 0.29) is 23.8 Å². The number of benzene rings is 2. The van der Waals surface area contributed by atoms with Crippen molar-refractivity contribution in [2.24, 2.45) is 0 Å². The molecule has 0 N–H and O–H groups in total. The molecule has 0 saturated carbocycles. The number of hydrogen-bond donors (Lipinski definition) is 0. The van der Waals surface area contributed by atoms with Crippen molar-refractivity contribution in [1.82, 2.24) is 9.80 Å². The zero-order valence-electron chi connectivity index (χ0n) is 19.4. The summed E-state index contributed by atoms with van der Waals surface area (Å²) >= 11 is 0. The Labute approximate surface area is 186 Å². The van der Waals surface area contributed by atoms with E-state index in [4.69, 9.17) is 4.74 Å². The molecule has 2 aromatic carbocycles. The van der Waals surface area contributed by atoms with Gasteiger partial charge in [-0.1, -0.05) is 50.6 Å². The lowest BCUT2D eigenvalue weighted by molar-refractivity contribution is -0.133. The molecule has 0 aliphatic carbocycles. The average molecular weight is 423 g/mol. The monoisotopic (exact) mass is 422 g/mol. The normalized spacial score (nSPS) is 14.9. The van der Waals surface area contributed by atoms with Gasteiger partial charge in [-0.15, -0.1) is 0 Å². The van der Waals surface area contributed by atoms with Crippen LogP contribution < -0.4 is 4.74 Å². The molecule has 31 heavy (non-hydrogen) atoms. The predicted octanol–water partition coefficient (Wildman–Crippen LogP) is 4.35. The van der Waals surface area contributed by atoms with Crippen LogP contribution in [0.5, 0.6) is 5.75 Å². The fraction of sp³-hybridized carbons (Fsp3) is 0.462. The van der Waals surface area contributed by atoms with Crippen LogP contribution >= 0.6 is 0 Å². The first-order valence-corrected chi connectivity index (χ1v) is 11.0. The predicted molar refractivity (Wildman–Crippen MR) is 124 cm³/mol. The van der Waals surface area contributed by atoms with E-state index in [1.807, 2.05) is 61.2 Å². The summed E-state index contributed by atoms with van der Waals surface area (Å²) in [5, 5.41) is 0. The topological polar surface area (TPSA) is 49.9 Å². The number of hydrogen-bond acceptors (Lipinski definition) is 3. The maximum atomic E-state index is 13.0. The van der Waals surface area contributed by atoms with Gasteiger partial charge in [-0.25, -0.2) is 0 Å². The van der Waals surface area contributed by atoms with Crippen LogP contribution in [0.1, 0.15) is 54.2 Å². The average Bonchev–Trinajstić information content (AvgIpc) is 2.98. The minimum absolute atomic E-state index is 0.0200. The third kappa shape index (κ3) is 5.87. The van der Waals surface area contributed by atoms with Crippen molar-refractivity contribution in [1.29, 1.82) is 0 Å². The maximum Gasteiger partial charge on any atom is 0.260 e. The van der Waals surface area contributed by atoms with Gasteiger partial charge in [-0.2, -0.15) is 0 Å². The van der Waals surface area contributed by atoms with Gasteiger partial charge < -0.3 is 14.5 Å². The van der Waals surface area contributed by atoms with E-state index in [0.717, 1.165) is 17.7 Å². The van der Waals surface area contributed by atoms with E-state index >= 15 is 0 Å². The number of amides is 2. The van der Waals surface area contributed by atoms with E-state index in [2.05, 4.69) is 20.8 Å². The molecular weight excluding hydrogens is 388 g/mol. The van der Waals surface area contributed by atoms with Gasteiger partial charge in [-0.3, -0.25) is 9.59 Å². The van der Waals surface area contributed by atoms with Crippen LogP contribution in [0.3, 0.4) is 0 Å². The number of rotatable bonds is 4. The lowest BCUT2D eigenvalue weighted by atomic mass is 9.86. The zero-order chi connectivity index (χ0) is 22.6. The molecule has 166 valence electrons. The Hall–Kier alpha value is -2.82. The Bertz CT molecular complexity index is 929. The van der Waals surface area contributed by atoms with E-state index in [9.17, 15) is 9.59 Å². The number of nitrogens with zero attached hydrogens (tertiary/aromatic N) is 2. The Morgan fingerprint density at radius 2 is 1.55 bits per heavy atom. The van der Waals surface area contributed by atoms with Crippen molar-refractivity contribution in [3.05, 3.63) is 64.7 Å². The minimum Gasteiger partial charge on any atom is -0.484 e. The molecule has 1 aliphatic rings. The number of aryl methyl sites for hydroxylation is 2. The largest absolute Gasteiger partial charge is 0.484 e. The molecule has 0 atom stereocenters. The lowest BCUT2D eigenvalue weighted by Gasteiger charge is -2.23. The SMILES string of the molecule is Cc1ccc(OCC(=O)N2CCCN(C(=O)c3ccc(C(C)(C)C)cc3)CC2)c(C)c1. The molecule has 0 unspecified atom stereocenters. The molecule has 1 heterocycles. The lowest BCUT2D eigenvalue weighted by Crippen LogP contribution is -2.39. The van der Waals surface area contributed by atoms with Crippen molar-refractivity contribution in [3.63, 3.8) is 0 Å². The maximum absolute atomic E-state index is 13.0. The summed E-state index contributed by atoms with van der Waals surface area (Å²) in [7, 11) is 0. The molecule has 5 heteroatoms. The fourth-order valence-electron chi connectivity index (χ4n) is 3.86. The van der Waals surface area contributed by atoms with Gasteiger partial charge in [0, 0.05) is 31.7 Å². The summed E-state index contributed by atoms with van der Waals surface area (Å²) in [6.07, 6.45) is 0.765. The van der Waals surface area contributed by atoms with Crippen LogP contribution in [0.25, 0.3) is 0 Å². The van der Waals surface area contributed by atoms with Crippen LogP contribution in [0.2, 0.25) is 0 Å². The van der Waals surface area contributed by atoms with Crippen LogP contribution in [0.15, 0.2) is 42.5 Å². The molecule has 0 radical (unpaired) electrons. The number of carbonyl (C=O) groups excluding carboxylic acids is 2. The van der Waals surface area contributed by atoms with Crippen molar-refractivity contribution in [2.45, 2.75) is 46.5 Å². The Morgan fingerprint density at radius 3 is 2.19 bits per heavy atom. The summed E-state index contributed by atoms with van der Waals surface area (Å²) in [4.78, 5) is 29.3. The molecule has 0 bridgehead atoms. The van der Waals surface area contributed by atoms with Crippen molar-refractivity contribution in [3.8, 4) is 5.75 Å². The smallest absolute Gasteiger partial charge is 0.260 e. The van der Waals surface area contributed by atoms with E-state index in [1.54, 1.807) is 4.90 Å². The standard InChI is InChI=1S/C26H34N2O3/c1-19-7-12-23(20(2)17-19)31-18-24(29)27-13-6-14-28(16-15-27)25(30)21-8-10-22(11-9-21)26(3,4)5/h7-12,17H,6,13-16,18H2,1-5H3. The highest BCUT2D eigenvalue weighted by atomic mass is 16.5. The first-order valence-electron chi connectivity index (χ1n) is 11.0. The van der Waals surface area contributed by atoms with Gasteiger partial charge in [0.1, 0.15) is 5.75 Å². The second-order valence-electron chi connectivity index (χ2n) is 9.41. The Balaban J connectivity index is 1.55. The summed E-state index contributed by atoms with van der Waals surface area (Å²) in [5.74, 6) is 0.731. The second kappa shape index (κ2) is 9.54. The third-order valence-corrected chi connectivity index (χ3v) is 5.82. The highest BCUT2D eigenvalue weighted by Gasteiger charge is 2.23. The fourth-order valence-corrected chi connectivity index (χ4v) is 3.86. The van der Waals surface area contributed by atoms with E-state index < -0.39 is 0 Å². The van der Waals surface area contributed by atoms with Gasteiger partial charge >= 0.3 is 0 Å². The van der Waals surface area contributed by atoms with E-state index in [1.165, 1.54) is 11.1 Å². The Kier molecular flexibility index (Phi) is 7.04. The van der Waals surface area contributed by atoms with Gasteiger partial charge in [0.25, 0.3) is 11.8 Å². The highest BCUT2D eigenvalue weighted by Crippen LogP contribution is 2.23. The van der Waals surface area contributed by atoms with E-state index in [0.29, 0.717) is 31.7 Å². The third-order valence-electron chi connectivity index (χ3n) is 5.82. The molecule has 1 fully saturated rings. The van der Waals surface area contributed by atoms with Gasteiger partial charge in [0.2, 0.25) is 0 Å². The van der Waals surface area contributed by atoms with Crippen molar-refractivity contribution >= 4 is 11.8 Å². The van der Waals surface area contributed by atoms with Gasteiger partial charge in [-0.05, 0) is 55.0 Å². The molecule has 0 aromatic heterocycles. The molecule has 5 nitrogen and oxygen atoms in total. The minimum atomic E-state index is -0.0381. The van der Waals surface area contributed by atoms with Crippen LogP contribution in [0, 0.1) is 13.8 Å². The quantitative estimate of drug-likeness (QED) is 0.736. The summed E-state index contributed by atoms with van der Waals surface area (Å²) in [6, 6.07) is 13.8. The summed E-state index contributed by atoms with van der Waals surface area (Å²) in [5.41, 5.74) is 4.16. The molecular formula is C26H34N2O3. The van der Waals surface area contributed by atoms with Crippen molar-refractivity contribution < 1.29 is 14.3 Å². The molecule has 2 aromatic rings. The highest BCUT2D eigenvalue weighted by molar-refractivity contribution is 5.94. The van der Waals surface area contributed by atoms with Crippen LogP contribution in [-0.4, -0.2) is 54.4 Å². The number of ether oxygens (including phenoxy) is 1. The molecule has 1 aliphatic heterocycles. The van der Waals surface area contributed by atoms with Gasteiger partial charge in [0.05, 0.1) is 0 Å². The molecule has 2 amide bonds. The molecule has 0 spiro atoms. The van der Waals surface area contributed by atoms with Crippen LogP contribution in [-0.2, 0) is 10.2 Å². The first-order chi connectivity index (χ1) is 14.6. The first kappa shape index (κ1) is 22.9. The van der Waals surface area contributed by atoms with Crippen molar-refractivity contribution in [2.75, 3.05) is 32.8 Å². The van der Waals surface area contributed by atoms with Crippen LogP contribution in [0.4, 0.5) is 0 Å². The second-order valence-corrected chi connectivity index (χ2v) is 9.41. The summed E-state index contributed by atoms with van der Waals surface area (Å²) in [6.45, 7) is 12.9. The Morgan fingerprint density at radius 1 is 0.903 bits per heavy atom. The number of carbonyl (C=O) groups is 2. The summed E-state index contributed by atoms with van der Waals surface area (Å²) < 4.78 is 5.76. The molecule has 3 rings (SSSR count). The molecule has 1 saturated heterocycles. The zero-order valence-corrected chi connectivity index (χ0v) is 19.4.